The van der Waals surface area contributed by atoms with Crippen molar-refractivity contribution in [2.75, 3.05) is 10.6 Å². The average molecular weight is 761 g/mol. The minimum atomic E-state index is -0.229. The molecule has 13 heteroatoms. The first-order chi connectivity index (χ1) is 27.6. The number of aromatic nitrogens is 8. The van der Waals surface area contributed by atoms with Crippen LogP contribution in [0.15, 0.2) is 116 Å². The van der Waals surface area contributed by atoms with Crippen molar-refractivity contribution in [1.29, 1.82) is 0 Å². The third kappa shape index (κ3) is 9.64. The lowest BCUT2D eigenvalue weighted by Gasteiger charge is -2.09. The van der Waals surface area contributed by atoms with Crippen molar-refractivity contribution < 1.29 is 13.9 Å². The summed E-state index contributed by atoms with van der Waals surface area (Å²) in [4.78, 5) is 17.3. The Morgan fingerprint density at radius 2 is 1.04 bits per heavy atom. The van der Waals surface area contributed by atoms with E-state index in [-0.39, 0.29) is 5.82 Å². The topological polar surface area (TPSA) is 151 Å². The van der Waals surface area contributed by atoms with E-state index in [1.165, 1.54) is 17.2 Å². The highest BCUT2D eigenvalue weighted by Crippen LogP contribution is 2.28. The van der Waals surface area contributed by atoms with E-state index in [2.05, 4.69) is 76.9 Å². The number of aryl methyl sites for hydroxylation is 4. The molecule has 0 saturated carbocycles. The Kier molecular flexibility index (Phi) is 11.3. The van der Waals surface area contributed by atoms with Gasteiger partial charge >= 0.3 is 0 Å². The molecular weight excluding hydrogens is 720 g/mol. The van der Waals surface area contributed by atoms with Gasteiger partial charge in [-0.05, 0) is 149 Å². The van der Waals surface area contributed by atoms with Crippen molar-refractivity contribution in [2.45, 2.75) is 41.5 Å². The summed E-state index contributed by atoms with van der Waals surface area (Å²) in [6, 6.07) is 32.0. The van der Waals surface area contributed by atoms with Crippen LogP contribution in [-0.4, -0.2) is 40.3 Å². The largest absolute Gasteiger partial charge is 0.457 e. The van der Waals surface area contributed by atoms with E-state index in [0.717, 1.165) is 62.5 Å². The van der Waals surface area contributed by atoms with Gasteiger partial charge in [-0.3, -0.25) is 20.2 Å². The number of aromatic amines is 2. The molecule has 0 fully saturated rings. The lowest BCUT2D eigenvalue weighted by molar-refractivity contribution is 0.481. The molecule has 0 aliphatic heterocycles. The standard InChI is InChI=1S/C22H20FN5O.C22H21N5O/c1-13-12-18(10-11-24-13)29-17-6-4-16(5-7-17)21-26-22(28-27-21)25-20-9-8-19(23)14(2)15(20)3;1-14-4-7-18(12-15(14)2)24-22-25-21(26-27-22)17-5-8-19(9-6-17)28-20-10-11-23-16(3)13-20/h4-12H,1-3H3,(H2,25,26,27,28);4-13H,1-3H3,(H2,24,25,26,27). The van der Waals surface area contributed by atoms with E-state index in [9.17, 15) is 4.39 Å². The summed E-state index contributed by atoms with van der Waals surface area (Å²) < 4.78 is 25.3. The number of halogens is 1. The maximum Gasteiger partial charge on any atom is 0.246 e. The molecule has 0 amide bonds. The molecule has 0 atom stereocenters. The van der Waals surface area contributed by atoms with E-state index in [1.807, 2.05) is 99.6 Å². The number of H-pyrrole nitrogens is 2. The molecule has 286 valence electrons. The Morgan fingerprint density at radius 3 is 1.54 bits per heavy atom. The van der Waals surface area contributed by atoms with Crippen LogP contribution < -0.4 is 20.1 Å². The second-order valence-electron chi connectivity index (χ2n) is 13.4. The first-order valence-electron chi connectivity index (χ1n) is 18.2. The van der Waals surface area contributed by atoms with Crippen LogP contribution in [0, 0.1) is 47.4 Å². The fourth-order valence-corrected chi connectivity index (χ4v) is 5.69. The summed E-state index contributed by atoms with van der Waals surface area (Å²) >= 11 is 0. The fraction of sp³-hybridized carbons (Fsp3) is 0.136. The first-order valence-corrected chi connectivity index (χ1v) is 18.2. The van der Waals surface area contributed by atoms with Gasteiger partial charge in [0.15, 0.2) is 11.6 Å². The monoisotopic (exact) mass is 760 g/mol. The lowest BCUT2D eigenvalue weighted by Crippen LogP contribution is -1.98. The molecule has 0 spiro atoms. The van der Waals surface area contributed by atoms with Crippen LogP contribution in [0.25, 0.3) is 22.8 Å². The van der Waals surface area contributed by atoms with Crippen LogP contribution in [-0.2, 0) is 0 Å². The predicted molar refractivity (Wildman–Crippen MR) is 220 cm³/mol. The van der Waals surface area contributed by atoms with Crippen molar-refractivity contribution in [3.63, 3.8) is 0 Å². The van der Waals surface area contributed by atoms with E-state index < -0.39 is 0 Å². The normalized spacial score (nSPS) is 10.7. The molecule has 0 saturated heterocycles. The predicted octanol–water partition coefficient (Wildman–Crippen LogP) is 10.8. The van der Waals surface area contributed by atoms with Crippen molar-refractivity contribution in [3.05, 3.63) is 155 Å². The maximum absolute atomic E-state index is 13.6. The van der Waals surface area contributed by atoms with Gasteiger partial charge in [-0.2, -0.15) is 9.97 Å². The molecule has 4 heterocycles. The van der Waals surface area contributed by atoms with Crippen LogP contribution in [0.3, 0.4) is 0 Å². The van der Waals surface area contributed by atoms with E-state index >= 15 is 0 Å². The summed E-state index contributed by atoms with van der Waals surface area (Å²) in [6.07, 6.45) is 3.45. The molecule has 4 aromatic heterocycles. The smallest absolute Gasteiger partial charge is 0.246 e. The number of anilines is 4. The number of nitrogens with one attached hydrogen (secondary N) is 4. The molecule has 4 N–H and O–H groups in total. The Bertz CT molecular complexity index is 2620. The zero-order valence-corrected chi connectivity index (χ0v) is 32.3. The molecular formula is C44H41FN10O2. The number of pyridine rings is 2. The highest BCUT2D eigenvalue weighted by molar-refractivity contribution is 5.64. The molecule has 0 bridgehead atoms. The van der Waals surface area contributed by atoms with E-state index in [4.69, 9.17) is 9.47 Å². The highest BCUT2D eigenvalue weighted by atomic mass is 19.1. The van der Waals surface area contributed by atoms with Crippen molar-refractivity contribution in [3.8, 4) is 45.8 Å². The number of ether oxygens (including phenoxy) is 2. The Balaban J connectivity index is 0.000000174. The van der Waals surface area contributed by atoms with Crippen LogP contribution >= 0.6 is 0 Å². The summed E-state index contributed by atoms with van der Waals surface area (Å²) in [5.74, 6) is 5.01. The maximum atomic E-state index is 13.6. The minimum absolute atomic E-state index is 0.229. The van der Waals surface area contributed by atoms with Gasteiger partial charge in [0.05, 0.1) is 0 Å². The van der Waals surface area contributed by atoms with Gasteiger partial charge in [0, 0.05) is 58.4 Å². The molecule has 57 heavy (non-hydrogen) atoms. The molecule has 0 radical (unpaired) electrons. The number of hydrogen-bond acceptors (Lipinski definition) is 10. The van der Waals surface area contributed by atoms with Gasteiger partial charge < -0.3 is 20.1 Å². The van der Waals surface area contributed by atoms with Crippen LogP contribution in [0.2, 0.25) is 0 Å². The fourth-order valence-electron chi connectivity index (χ4n) is 5.69. The zero-order chi connectivity index (χ0) is 39.9. The molecule has 0 aliphatic carbocycles. The third-order valence-corrected chi connectivity index (χ3v) is 9.16. The summed E-state index contributed by atoms with van der Waals surface area (Å²) in [5.41, 5.74) is 9.25. The third-order valence-electron chi connectivity index (χ3n) is 9.16. The van der Waals surface area contributed by atoms with Crippen molar-refractivity contribution in [1.82, 2.24) is 40.3 Å². The zero-order valence-electron chi connectivity index (χ0n) is 32.3. The average Bonchev–Trinajstić information content (AvgIpc) is 3.88. The number of rotatable bonds is 10. The Morgan fingerprint density at radius 1 is 0.509 bits per heavy atom. The number of benzene rings is 4. The van der Waals surface area contributed by atoms with Gasteiger partial charge in [-0.1, -0.05) is 6.07 Å². The lowest BCUT2D eigenvalue weighted by atomic mass is 10.1. The van der Waals surface area contributed by atoms with Gasteiger partial charge in [0.2, 0.25) is 11.9 Å². The van der Waals surface area contributed by atoms with Gasteiger partial charge in [0.1, 0.15) is 28.8 Å². The van der Waals surface area contributed by atoms with Crippen LogP contribution in [0.5, 0.6) is 23.0 Å². The number of nitrogens with zero attached hydrogens (tertiary/aromatic N) is 6. The highest BCUT2D eigenvalue weighted by Gasteiger charge is 2.11. The SMILES string of the molecule is Cc1cc(Oc2ccc(-c3nc(Nc4ccc(C)c(C)c4)n[nH]3)cc2)ccn1.Cc1cc(Oc2ccc(-c3nc(Nc4ccc(F)c(C)c4C)n[nH]3)cc2)ccn1. The summed E-state index contributed by atoms with van der Waals surface area (Å²) in [5, 5.41) is 20.7. The van der Waals surface area contributed by atoms with Crippen molar-refractivity contribution in [2.24, 2.45) is 0 Å². The van der Waals surface area contributed by atoms with Gasteiger partial charge in [-0.15, -0.1) is 10.2 Å². The van der Waals surface area contributed by atoms with Crippen LogP contribution in [0.1, 0.15) is 33.6 Å². The molecule has 8 rings (SSSR count). The molecule has 4 aromatic carbocycles. The van der Waals surface area contributed by atoms with Crippen molar-refractivity contribution >= 4 is 23.3 Å². The summed E-state index contributed by atoms with van der Waals surface area (Å²) in [6.45, 7) is 11.6. The Labute approximate surface area is 329 Å². The minimum Gasteiger partial charge on any atom is -0.457 e. The molecule has 0 unspecified atom stereocenters. The molecule has 12 nitrogen and oxygen atoms in total. The van der Waals surface area contributed by atoms with Gasteiger partial charge in [-0.25, -0.2) is 4.39 Å². The number of hydrogen-bond donors (Lipinski definition) is 4. The quantitative estimate of drug-likeness (QED) is 0.106. The van der Waals surface area contributed by atoms with E-state index in [0.29, 0.717) is 29.1 Å². The molecule has 8 aromatic rings. The molecule has 0 aliphatic rings. The van der Waals surface area contributed by atoms with E-state index in [1.54, 1.807) is 25.4 Å². The second-order valence-corrected chi connectivity index (χ2v) is 13.4. The Hall–Kier alpha value is -7.41. The first kappa shape index (κ1) is 37.9. The van der Waals surface area contributed by atoms with Gasteiger partial charge in [0.25, 0.3) is 0 Å². The second kappa shape index (κ2) is 16.9. The summed E-state index contributed by atoms with van der Waals surface area (Å²) in [7, 11) is 0. The van der Waals surface area contributed by atoms with Crippen LogP contribution in [0.4, 0.5) is 27.7 Å².